The summed E-state index contributed by atoms with van der Waals surface area (Å²) in [6, 6.07) is 7.13. The first-order chi connectivity index (χ1) is 8.58. The van der Waals surface area contributed by atoms with Gasteiger partial charge in [0.2, 0.25) is 0 Å². The van der Waals surface area contributed by atoms with Crippen molar-refractivity contribution >= 4 is 0 Å². The van der Waals surface area contributed by atoms with Crippen LogP contribution in [0.3, 0.4) is 0 Å². The Hall–Kier alpha value is -1.26. The minimum absolute atomic E-state index is 0.0907. The average Bonchev–Trinajstić information content (AvgIpc) is 2.37. The van der Waals surface area contributed by atoms with Crippen LogP contribution < -0.4 is 15.2 Å². The van der Waals surface area contributed by atoms with Crippen LogP contribution in [-0.2, 0) is 0 Å². The van der Waals surface area contributed by atoms with E-state index in [1.54, 1.807) is 0 Å². The smallest absolute Gasteiger partial charge is 0.137 e. The topological polar surface area (TPSA) is 64.7 Å². The van der Waals surface area contributed by atoms with Crippen molar-refractivity contribution in [1.82, 2.24) is 0 Å². The van der Waals surface area contributed by atoms with Crippen LogP contribution in [0, 0.1) is 5.92 Å². The molecule has 0 amide bonds. The van der Waals surface area contributed by atoms with Crippen LogP contribution in [0.4, 0.5) is 0 Å². The van der Waals surface area contributed by atoms with Crippen LogP contribution in [0.5, 0.6) is 11.5 Å². The van der Waals surface area contributed by atoms with Gasteiger partial charge in [0.15, 0.2) is 0 Å². The third-order valence-corrected chi connectivity index (χ3v) is 2.80. The van der Waals surface area contributed by atoms with E-state index in [-0.39, 0.29) is 24.7 Å². The number of nitrogens with two attached hydrogens (primary N) is 1. The summed E-state index contributed by atoms with van der Waals surface area (Å²) in [7, 11) is 0. The molecule has 4 nitrogen and oxygen atoms in total. The lowest BCUT2D eigenvalue weighted by molar-refractivity contribution is 0.0810. The van der Waals surface area contributed by atoms with E-state index in [1.165, 1.54) is 0 Å². The monoisotopic (exact) mass is 253 g/mol. The van der Waals surface area contributed by atoms with Crippen molar-refractivity contribution in [3.8, 4) is 11.5 Å². The van der Waals surface area contributed by atoms with Crippen molar-refractivity contribution < 1.29 is 14.6 Å². The molecule has 0 aliphatic heterocycles. The van der Waals surface area contributed by atoms with Crippen molar-refractivity contribution in [2.75, 3.05) is 13.2 Å². The lowest BCUT2D eigenvalue weighted by Crippen LogP contribution is -2.45. The molecule has 3 N–H and O–H groups in total. The largest absolute Gasteiger partial charge is 0.494 e. The molecule has 1 rings (SSSR count). The zero-order valence-corrected chi connectivity index (χ0v) is 11.3. The van der Waals surface area contributed by atoms with Gasteiger partial charge in [-0.3, -0.25) is 0 Å². The van der Waals surface area contributed by atoms with Gasteiger partial charge in [-0.25, -0.2) is 0 Å². The van der Waals surface area contributed by atoms with Gasteiger partial charge in [-0.15, -0.1) is 0 Å². The summed E-state index contributed by atoms with van der Waals surface area (Å²) >= 11 is 0. The van der Waals surface area contributed by atoms with Crippen LogP contribution in [0.2, 0.25) is 0 Å². The Bertz CT molecular complexity index is 337. The number of ether oxygens (including phenoxy) is 2. The number of rotatable bonds is 7. The average molecular weight is 253 g/mol. The Balaban J connectivity index is 2.64. The van der Waals surface area contributed by atoms with E-state index in [1.807, 2.05) is 45.0 Å². The highest BCUT2D eigenvalue weighted by molar-refractivity contribution is 5.31. The van der Waals surface area contributed by atoms with Gasteiger partial charge in [-0.2, -0.15) is 0 Å². The fourth-order valence-corrected chi connectivity index (χ4v) is 1.62. The standard InChI is InChI=1S/C14H23NO3/c1-4-17-11-5-7-12(8-6-11)18-13(9-16)14(15)10(2)3/h5-8,10,13-14,16H,4,9,15H2,1-3H3. The molecule has 0 fully saturated rings. The van der Waals surface area contributed by atoms with Gasteiger partial charge < -0.3 is 20.3 Å². The quantitative estimate of drug-likeness (QED) is 0.778. The number of aliphatic hydroxyl groups is 1. The number of aliphatic hydroxyl groups excluding tert-OH is 1. The molecule has 1 aromatic carbocycles. The van der Waals surface area contributed by atoms with Crippen molar-refractivity contribution in [3.05, 3.63) is 24.3 Å². The van der Waals surface area contributed by atoms with E-state index in [9.17, 15) is 5.11 Å². The van der Waals surface area contributed by atoms with E-state index >= 15 is 0 Å². The maximum atomic E-state index is 9.32. The normalized spacial score (nSPS) is 14.3. The number of hydrogen-bond donors (Lipinski definition) is 2. The van der Waals surface area contributed by atoms with Crippen LogP contribution in [-0.4, -0.2) is 30.5 Å². The molecular formula is C14H23NO3. The Morgan fingerprint density at radius 1 is 1.17 bits per heavy atom. The SMILES string of the molecule is CCOc1ccc(OC(CO)C(N)C(C)C)cc1. The van der Waals surface area contributed by atoms with E-state index in [0.717, 1.165) is 5.75 Å². The summed E-state index contributed by atoms with van der Waals surface area (Å²) in [5.41, 5.74) is 5.99. The Morgan fingerprint density at radius 3 is 2.17 bits per heavy atom. The van der Waals surface area contributed by atoms with Crippen molar-refractivity contribution in [2.24, 2.45) is 11.7 Å². The maximum Gasteiger partial charge on any atom is 0.137 e. The predicted molar refractivity (Wildman–Crippen MR) is 71.9 cm³/mol. The lowest BCUT2D eigenvalue weighted by Gasteiger charge is -2.26. The third kappa shape index (κ3) is 4.20. The van der Waals surface area contributed by atoms with Crippen LogP contribution >= 0.6 is 0 Å². The fraction of sp³-hybridized carbons (Fsp3) is 0.571. The Kier molecular flexibility index (Phi) is 5.95. The summed E-state index contributed by atoms with van der Waals surface area (Å²) in [4.78, 5) is 0. The molecule has 2 unspecified atom stereocenters. The second-order valence-corrected chi connectivity index (χ2v) is 4.56. The van der Waals surface area contributed by atoms with Crippen LogP contribution in [0.25, 0.3) is 0 Å². The summed E-state index contributed by atoms with van der Waals surface area (Å²) in [6.45, 7) is 6.50. The molecule has 4 heteroatoms. The summed E-state index contributed by atoms with van der Waals surface area (Å²) < 4.78 is 11.0. The maximum absolute atomic E-state index is 9.32. The molecule has 1 aromatic rings. The van der Waals surface area contributed by atoms with Crippen molar-refractivity contribution in [2.45, 2.75) is 32.9 Å². The molecule has 18 heavy (non-hydrogen) atoms. The molecule has 102 valence electrons. The minimum Gasteiger partial charge on any atom is -0.494 e. The van der Waals surface area contributed by atoms with Gasteiger partial charge in [0.05, 0.1) is 13.2 Å². The second kappa shape index (κ2) is 7.24. The molecule has 0 spiro atoms. The van der Waals surface area contributed by atoms with Gasteiger partial charge in [0.25, 0.3) is 0 Å². The molecular weight excluding hydrogens is 230 g/mol. The van der Waals surface area contributed by atoms with Gasteiger partial charge >= 0.3 is 0 Å². The first-order valence-corrected chi connectivity index (χ1v) is 6.34. The van der Waals surface area contributed by atoms with Gasteiger partial charge in [-0.1, -0.05) is 13.8 Å². The highest BCUT2D eigenvalue weighted by Gasteiger charge is 2.21. The van der Waals surface area contributed by atoms with Crippen molar-refractivity contribution in [1.29, 1.82) is 0 Å². The highest BCUT2D eigenvalue weighted by atomic mass is 16.5. The van der Waals surface area contributed by atoms with Gasteiger partial charge in [-0.05, 0) is 37.1 Å². The summed E-state index contributed by atoms with van der Waals surface area (Å²) in [5, 5.41) is 9.32. The Morgan fingerprint density at radius 2 is 1.72 bits per heavy atom. The lowest BCUT2D eigenvalue weighted by atomic mass is 10.00. The number of hydrogen-bond acceptors (Lipinski definition) is 4. The molecule has 0 saturated carbocycles. The fourth-order valence-electron chi connectivity index (χ4n) is 1.62. The zero-order chi connectivity index (χ0) is 13.5. The molecule has 0 aliphatic carbocycles. The summed E-state index contributed by atoms with van der Waals surface area (Å²) in [5.74, 6) is 1.75. The molecule has 0 radical (unpaired) electrons. The van der Waals surface area contributed by atoms with E-state index in [4.69, 9.17) is 15.2 Å². The van der Waals surface area contributed by atoms with Gasteiger partial charge in [0.1, 0.15) is 17.6 Å². The summed E-state index contributed by atoms with van der Waals surface area (Å²) in [6.07, 6.45) is -0.386. The molecule has 0 aromatic heterocycles. The predicted octanol–water partition coefficient (Wildman–Crippen LogP) is 1.81. The molecule has 0 bridgehead atoms. The van der Waals surface area contributed by atoms with E-state index in [0.29, 0.717) is 12.4 Å². The molecule has 0 saturated heterocycles. The van der Waals surface area contributed by atoms with E-state index in [2.05, 4.69) is 0 Å². The third-order valence-electron chi connectivity index (χ3n) is 2.80. The minimum atomic E-state index is -0.386. The number of benzene rings is 1. The first-order valence-electron chi connectivity index (χ1n) is 6.34. The first kappa shape index (κ1) is 14.8. The second-order valence-electron chi connectivity index (χ2n) is 4.56. The molecule has 0 aliphatic rings. The highest BCUT2D eigenvalue weighted by Crippen LogP contribution is 2.20. The molecule has 0 heterocycles. The van der Waals surface area contributed by atoms with E-state index < -0.39 is 0 Å². The molecule has 2 atom stereocenters. The zero-order valence-electron chi connectivity index (χ0n) is 11.3. The Labute approximate surface area is 109 Å². The van der Waals surface area contributed by atoms with Crippen molar-refractivity contribution in [3.63, 3.8) is 0 Å². The van der Waals surface area contributed by atoms with Crippen LogP contribution in [0.15, 0.2) is 24.3 Å². The van der Waals surface area contributed by atoms with Crippen LogP contribution in [0.1, 0.15) is 20.8 Å². The van der Waals surface area contributed by atoms with Gasteiger partial charge in [0, 0.05) is 6.04 Å².